The van der Waals surface area contributed by atoms with E-state index in [2.05, 4.69) is 5.32 Å². The van der Waals surface area contributed by atoms with E-state index in [0.29, 0.717) is 49.1 Å². The number of nitrogens with zero attached hydrogens (tertiary/aromatic N) is 1. The minimum atomic E-state index is -0.418. The Morgan fingerprint density at radius 3 is 2.26 bits per heavy atom. The number of hydrogen-bond donors (Lipinski definition) is 1. The van der Waals surface area contributed by atoms with Gasteiger partial charge in [0, 0.05) is 44.8 Å². The number of nitrogens with one attached hydrogen (secondary N) is 1. The first-order chi connectivity index (χ1) is 16.4. The molecule has 1 aliphatic rings. The van der Waals surface area contributed by atoms with E-state index in [1.54, 1.807) is 33.3 Å². The fourth-order valence-electron chi connectivity index (χ4n) is 4.43. The summed E-state index contributed by atoms with van der Waals surface area (Å²) in [7, 11) is 6.30. The molecule has 3 rings (SSSR count). The van der Waals surface area contributed by atoms with Crippen molar-refractivity contribution in [1.82, 2.24) is 10.2 Å². The highest BCUT2D eigenvalue weighted by Crippen LogP contribution is 2.43. The summed E-state index contributed by atoms with van der Waals surface area (Å²) in [6.45, 7) is 3.72. The van der Waals surface area contributed by atoms with E-state index in [1.807, 2.05) is 43.3 Å². The molecular formula is C26H34N2O6. The Kier molecular flexibility index (Phi) is 8.76. The molecule has 0 aliphatic carbocycles. The van der Waals surface area contributed by atoms with Crippen LogP contribution in [0.15, 0.2) is 36.4 Å². The van der Waals surface area contributed by atoms with Gasteiger partial charge in [0.2, 0.25) is 11.7 Å². The second-order valence-corrected chi connectivity index (χ2v) is 8.33. The molecule has 0 spiro atoms. The maximum absolute atomic E-state index is 13.4. The van der Waals surface area contributed by atoms with Crippen molar-refractivity contribution >= 4 is 11.8 Å². The van der Waals surface area contributed by atoms with Gasteiger partial charge < -0.3 is 29.2 Å². The van der Waals surface area contributed by atoms with Crippen LogP contribution in [-0.4, -0.2) is 71.4 Å². The molecule has 0 saturated carbocycles. The molecule has 1 N–H and O–H groups in total. The van der Waals surface area contributed by atoms with Gasteiger partial charge in [-0.05, 0) is 42.7 Å². The molecule has 2 aromatic carbocycles. The molecule has 1 saturated heterocycles. The lowest BCUT2D eigenvalue weighted by Gasteiger charge is -2.21. The van der Waals surface area contributed by atoms with E-state index in [1.165, 1.54) is 0 Å². The predicted molar refractivity (Wildman–Crippen MR) is 129 cm³/mol. The Bertz CT molecular complexity index is 984. The molecule has 1 fully saturated rings. The molecule has 1 aliphatic heterocycles. The third-order valence-corrected chi connectivity index (χ3v) is 6.26. The molecule has 1 heterocycles. The van der Waals surface area contributed by atoms with Crippen molar-refractivity contribution in [3.05, 3.63) is 53.1 Å². The average molecular weight is 471 g/mol. The number of carbonyl (C=O) groups excluding carboxylic acids is 2. The van der Waals surface area contributed by atoms with Crippen LogP contribution in [0.1, 0.15) is 33.8 Å². The van der Waals surface area contributed by atoms with Gasteiger partial charge in [-0.3, -0.25) is 9.59 Å². The summed E-state index contributed by atoms with van der Waals surface area (Å²) in [6.07, 6.45) is 0.718. The summed E-state index contributed by atoms with van der Waals surface area (Å²) < 4.78 is 21.6. The van der Waals surface area contributed by atoms with Crippen LogP contribution < -0.4 is 19.5 Å². The van der Waals surface area contributed by atoms with Gasteiger partial charge in [0.15, 0.2) is 11.5 Å². The number of benzene rings is 2. The van der Waals surface area contributed by atoms with Crippen LogP contribution in [0.2, 0.25) is 0 Å². The molecule has 8 heteroatoms. The summed E-state index contributed by atoms with van der Waals surface area (Å²) in [4.78, 5) is 28.3. The quantitative estimate of drug-likeness (QED) is 0.537. The molecule has 8 nitrogen and oxygen atoms in total. The Morgan fingerprint density at radius 1 is 1.00 bits per heavy atom. The Hall–Kier alpha value is -3.26. The number of aryl methyl sites for hydroxylation is 1. The van der Waals surface area contributed by atoms with Crippen LogP contribution in [0.3, 0.4) is 0 Å². The van der Waals surface area contributed by atoms with E-state index in [9.17, 15) is 9.59 Å². The molecule has 2 atom stereocenters. The number of likely N-dealkylation sites (tertiary alicyclic amines) is 1. The summed E-state index contributed by atoms with van der Waals surface area (Å²) in [6, 6.07) is 11.2. The number of amides is 2. The number of carbonyl (C=O) groups is 2. The largest absolute Gasteiger partial charge is 0.493 e. The van der Waals surface area contributed by atoms with Gasteiger partial charge >= 0.3 is 0 Å². The van der Waals surface area contributed by atoms with Gasteiger partial charge in [-0.25, -0.2) is 0 Å². The first kappa shape index (κ1) is 25.4. The van der Waals surface area contributed by atoms with Crippen LogP contribution in [0, 0.1) is 12.8 Å². The lowest BCUT2D eigenvalue weighted by molar-refractivity contribution is -0.125. The van der Waals surface area contributed by atoms with E-state index in [0.717, 1.165) is 17.5 Å². The first-order valence-corrected chi connectivity index (χ1v) is 11.4. The zero-order valence-corrected chi connectivity index (χ0v) is 20.6. The van der Waals surface area contributed by atoms with Crippen LogP contribution in [0.4, 0.5) is 0 Å². The van der Waals surface area contributed by atoms with Crippen molar-refractivity contribution < 1.29 is 28.5 Å². The molecule has 0 bridgehead atoms. The summed E-state index contributed by atoms with van der Waals surface area (Å²) in [5.74, 6) is 0.697. The third kappa shape index (κ3) is 5.44. The smallest absolute Gasteiger partial charge is 0.254 e. The van der Waals surface area contributed by atoms with Crippen molar-refractivity contribution in [3.8, 4) is 17.2 Å². The first-order valence-electron chi connectivity index (χ1n) is 11.4. The molecule has 2 aromatic rings. The van der Waals surface area contributed by atoms with Crippen molar-refractivity contribution in [3.63, 3.8) is 0 Å². The topological polar surface area (TPSA) is 86.3 Å². The second kappa shape index (κ2) is 11.7. The van der Waals surface area contributed by atoms with Gasteiger partial charge in [-0.15, -0.1) is 0 Å². The number of hydrogen-bond acceptors (Lipinski definition) is 6. The van der Waals surface area contributed by atoms with Crippen molar-refractivity contribution in [2.45, 2.75) is 19.3 Å². The highest BCUT2D eigenvalue weighted by atomic mass is 16.5. The summed E-state index contributed by atoms with van der Waals surface area (Å²) in [5.41, 5.74) is 2.41. The van der Waals surface area contributed by atoms with Gasteiger partial charge in [0.1, 0.15) is 0 Å². The third-order valence-electron chi connectivity index (χ3n) is 6.26. The van der Waals surface area contributed by atoms with Gasteiger partial charge in [-0.1, -0.05) is 18.2 Å². The van der Waals surface area contributed by atoms with E-state index in [-0.39, 0.29) is 17.7 Å². The van der Waals surface area contributed by atoms with Crippen LogP contribution >= 0.6 is 0 Å². The molecular weight excluding hydrogens is 436 g/mol. The minimum absolute atomic E-state index is 0.0785. The standard InChI is InChI=1S/C26H34N2O6/c1-17-9-6-7-10-19(17)26(30)28-15-20(21(16-28)25(29)27-11-8-12-31-2)18-13-22(32-3)24(34-5)23(14-18)33-4/h6-7,9-10,13-14,20-21H,8,11-12,15-16H2,1-5H3,(H,27,29)/t20-,21-/m0/s1. The van der Waals surface area contributed by atoms with Crippen molar-refractivity contribution in [1.29, 1.82) is 0 Å². The van der Waals surface area contributed by atoms with Gasteiger partial charge in [0.25, 0.3) is 5.91 Å². The van der Waals surface area contributed by atoms with Crippen molar-refractivity contribution in [2.24, 2.45) is 5.92 Å². The van der Waals surface area contributed by atoms with Crippen LogP contribution in [0.5, 0.6) is 17.2 Å². The average Bonchev–Trinajstić information content (AvgIpc) is 3.31. The highest BCUT2D eigenvalue weighted by Gasteiger charge is 2.41. The summed E-state index contributed by atoms with van der Waals surface area (Å²) >= 11 is 0. The number of rotatable bonds is 10. The van der Waals surface area contributed by atoms with Gasteiger partial charge in [-0.2, -0.15) is 0 Å². The zero-order chi connectivity index (χ0) is 24.7. The van der Waals surface area contributed by atoms with E-state index >= 15 is 0 Å². The molecule has 0 aromatic heterocycles. The number of ether oxygens (including phenoxy) is 4. The minimum Gasteiger partial charge on any atom is -0.493 e. The Morgan fingerprint density at radius 2 is 1.68 bits per heavy atom. The molecule has 34 heavy (non-hydrogen) atoms. The fraction of sp³-hybridized carbons (Fsp3) is 0.462. The van der Waals surface area contributed by atoms with E-state index < -0.39 is 5.92 Å². The lowest BCUT2D eigenvalue weighted by atomic mass is 9.88. The molecule has 2 amide bonds. The van der Waals surface area contributed by atoms with Crippen LogP contribution in [-0.2, 0) is 9.53 Å². The highest BCUT2D eigenvalue weighted by molar-refractivity contribution is 5.96. The molecule has 0 unspecified atom stereocenters. The second-order valence-electron chi connectivity index (χ2n) is 8.33. The Balaban J connectivity index is 1.94. The Labute approximate surface area is 201 Å². The summed E-state index contributed by atoms with van der Waals surface area (Å²) in [5, 5.41) is 3.01. The van der Waals surface area contributed by atoms with Crippen molar-refractivity contribution in [2.75, 3.05) is 54.7 Å². The maximum Gasteiger partial charge on any atom is 0.254 e. The lowest BCUT2D eigenvalue weighted by Crippen LogP contribution is -2.36. The van der Waals surface area contributed by atoms with Gasteiger partial charge in [0.05, 0.1) is 27.2 Å². The van der Waals surface area contributed by atoms with Crippen LogP contribution in [0.25, 0.3) is 0 Å². The number of methoxy groups -OCH3 is 4. The zero-order valence-electron chi connectivity index (χ0n) is 20.6. The fourth-order valence-corrected chi connectivity index (χ4v) is 4.43. The van der Waals surface area contributed by atoms with E-state index in [4.69, 9.17) is 18.9 Å². The maximum atomic E-state index is 13.4. The SMILES string of the molecule is COCCCNC(=O)[C@H]1CN(C(=O)c2ccccc2C)C[C@H]1c1cc(OC)c(OC)c(OC)c1. The normalized spacial score (nSPS) is 17.4. The predicted octanol–water partition coefficient (Wildman–Crippen LogP) is 3.03. The monoisotopic (exact) mass is 470 g/mol. The molecule has 0 radical (unpaired) electrons. The molecule has 184 valence electrons.